The topological polar surface area (TPSA) is 105 Å². The third-order valence-corrected chi connectivity index (χ3v) is 22.6. The molecule has 0 bridgehead atoms. The van der Waals surface area contributed by atoms with Gasteiger partial charge in [-0.2, -0.15) is 13.5 Å². The third-order valence-electron chi connectivity index (χ3n) is 22.0. The van der Waals surface area contributed by atoms with Crippen LogP contribution in [0.2, 0.25) is 0 Å². The van der Waals surface area contributed by atoms with Crippen LogP contribution in [0.4, 0.5) is 0 Å². The molecule has 0 aromatic carbocycles. The molecule has 121 heavy (non-hydrogen) atoms. The molecule has 4 radical (unpaired) electrons. The quantitative estimate of drug-likeness (QED) is 0.0145. The van der Waals surface area contributed by atoms with Crippen molar-refractivity contribution in [2.45, 2.75) is 556 Å². The molecule has 0 aromatic rings. The summed E-state index contributed by atoms with van der Waals surface area (Å²) in [6, 6.07) is 0. The van der Waals surface area contributed by atoms with Crippen molar-refractivity contribution in [1.29, 1.82) is 0 Å². The molecule has 0 fully saturated rings. The fourth-order valence-corrected chi connectivity index (χ4v) is 14.8. The molecule has 0 atom stereocenters. The van der Waals surface area contributed by atoms with Gasteiger partial charge in [-0.1, -0.05) is 451 Å². The number of esters is 4. The Kier molecular flexibility index (Phi) is 156. The molecule has 716 valence electrons. The summed E-state index contributed by atoms with van der Waals surface area (Å²) in [5, 5.41) is 0. The van der Waals surface area contributed by atoms with Gasteiger partial charge in [0, 0.05) is 25.7 Å². The molecule has 8 nitrogen and oxygen atoms in total. The second-order valence-corrected chi connectivity index (χ2v) is 35.2. The van der Waals surface area contributed by atoms with Gasteiger partial charge in [0.05, 0.1) is 26.4 Å². The van der Waals surface area contributed by atoms with Gasteiger partial charge in [-0.3, -0.25) is 19.2 Å². The Morgan fingerprint density at radius 3 is 0.388 bits per heavy atom. The number of allylic oxidation sites excluding steroid dienone is 8. The maximum Gasteiger partial charge on any atom is 2.00 e. The summed E-state index contributed by atoms with van der Waals surface area (Å²) < 4.78 is 19.9. The van der Waals surface area contributed by atoms with Crippen molar-refractivity contribution in [3.05, 3.63) is 48.6 Å². The van der Waals surface area contributed by atoms with E-state index in [0.717, 1.165) is 51.4 Å². The summed E-state index contributed by atoms with van der Waals surface area (Å²) in [5.41, 5.74) is 0. The van der Waals surface area contributed by atoms with Crippen LogP contribution in [0.3, 0.4) is 0 Å². The van der Waals surface area contributed by atoms with Crippen LogP contribution in [0.5, 0.6) is 0 Å². The molecule has 0 aliphatic heterocycles. The van der Waals surface area contributed by atoms with E-state index in [-0.39, 0.29) is 100 Å². The fourth-order valence-electron chi connectivity index (χ4n) is 14.5. The van der Waals surface area contributed by atoms with E-state index in [1.165, 1.54) is 437 Å². The molecule has 15 heteroatoms. The second-order valence-electron chi connectivity index (χ2n) is 33.5. The molecule has 0 rings (SSSR count). The van der Waals surface area contributed by atoms with E-state index in [9.17, 15) is 19.2 Å². The molecule has 0 aliphatic carbocycles. The molecule has 0 aliphatic rings. The summed E-state index contributed by atoms with van der Waals surface area (Å²) in [4.78, 5) is 45.3. The van der Waals surface area contributed by atoms with Gasteiger partial charge in [-0.15, -0.1) is 23.0 Å². The zero-order chi connectivity index (χ0) is 85.0. The molecule has 0 unspecified atom stereocenters. The molecule has 0 spiro atoms. The normalized spacial score (nSPS) is 10.9. The zero-order valence-corrected chi connectivity index (χ0v) is 89.2. The van der Waals surface area contributed by atoms with Crippen molar-refractivity contribution in [1.82, 2.24) is 0 Å². The van der Waals surface area contributed by atoms with Crippen LogP contribution in [-0.4, -0.2) is 121 Å². The van der Waals surface area contributed by atoms with Crippen LogP contribution in [-0.2, 0) is 88.6 Å². The largest absolute Gasteiger partial charge is 2.00 e. The van der Waals surface area contributed by atoms with Gasteiger partial charge in [0.15, 0.2) is 0 Å². The van der Waals surface area contributed by atoms with Gasteiger partial charge in [0.1, 0.15) is 0 Å². The summed E-state index contributed by atoms with van der Waals surface area (Å²) in [6.45, 7) is 10.7. The minimum Gasteiger partial charge on any atom is -0.789 e. The number of unbranched alkanes of at least 4 members (excludes halogenated alkanes) is 68. The Morgan fingerprint density at radius 2 is 0.281 bits per heavy atom. The van der Waals surface area contributed by atoms with Gasteiger partial charge >= 0.3 is 71.7 Å². The smallest absolute Gasteiger partial charge is 0.789 e. The van der Waals surface area contributed by atoms with E-state index < -0.39 is 0 Å². The predicted molar refractivity (Wildman–Crippen MR) is 557 cm³/mol. The minimum atomic E-state index is -0.0902. The first-order chi connectivity index (χ1) is 57.2. The Bertz CT molecular complexity index is 1710. The SMILES string of the molecule is C.C.CCCCCCCCCCCCCCC/C=C/CCCCCCC(=O)OCC[S-].CCCCCCCCCCCCCCC/C=C/CCCCCCC(=O)OCC[S-].CCCCCCCCCCCCCCC/C=C/CCCCCCC(=O)OCC[S-].CCCCCCCCCCCCCCC/C=C/CCCCCCC(=O)OCC[S-].S.[Sn+2].[Sn+2]. The van der Waals surface area contributed by atoms with Gasteiger partial charge in [0.25, 0.3) is 0 Å². The molecule has 0 aromatic heterocycles. The Morgan fingerprint density at radius 1 is 0.182 bits per heavy atom. The van der Waals surface area contributed by atoms with E-state index in [1.807, 2.05) is 0 Å². The third kappa shape index (κ3) is 143. The second kappa shape index (κ2) is 136. The average Bonchev–Trinajstić information content (AvgIpc) is 1.07. The van der Waals surface area contributed by atoms with Gasteiger partial charge < -0.3 is 69.5 Å². The molecule has 0 saturated heterocycles. The van der Waals surface area contributed by atoms with Crippen molar-refractivity contribution in [3.63, 3.8) is 0 Å². The summed E-state index contributed by atoms with van der Waals surface area (Å²) >= 11 is 19.0. The minimum absolute atomic E-state index is 0. The summed E-state index contributed by atoms with van der Waals surface area (Å²) in [5.74, 6) is 1.63. The van der Waals surface area contributed by atoms with Gasteiger partial charge in [-0.25, -0.2) is 0 Å². The number of carbonyl (C=O) groups is 4. The molecule has 0 heterocycles. The number of ether oxygens (including phenoxy) is 4. The van der Waals surface area contributed by atoms with Crippen LogP contribution < -0.4 is 0 Å². The number of rotatable bonds is 92. The maximum absolute atomic E-state index is 11.3. The van der Waals surface area contributed by atoms with Crippen molar-refractivity contribution >= 4 is 136 Å². The Labute approximate surface area is 820 Å². The first kappa shape index (κ1) is 139. The fraction of sp³-hybridized carbons (Fsp3) is 0.887. The van der Waals surface area contributed by atoms with E-state index in [4.69, 9.17) is 69.5 Å². The molecule has 0 N–H and O–H groups in total. The maximum atomic E-state index is 11.3. The standard InChI is InChI=1S/4C26H50O2S.2CH4.H2S.2Sn/c4*1-2-3-4-5-6-7-8-9-10-11-12-13-14-15-16-17-18-19-20-21-22-23-26(27)28-24-25-29;;;;;/h4*16-17,29H,2-15,18-25H2,1H3;2*1H4;1H2;;/q;;;;;;;2*+2/p-4/b4*17-16+;;;;;. The van der Waals surface area contributed by atoms with Crippen LogP contribution in [0.1, 0.15) is 556 Å². The number of carbonyl (C=O) groups excluding carboxylic acids is 4. The van der Waals surface area contributed by atoms with Crippen LogP contribution >= 0.6 is 13.5 Å². The van der Waals surface area contributed by atoms with Crippen LogP contribution in [0.15, 0.2) is 48.6 Å². The van der Waals surface area contributed by atoms with Crippen molar-refractivity contribution in [2.75, 3.05) is 49.4 Å². The van der Waals surface area contributed by atoms with E-state index in [2.05, 4.69) is 76.3 Å². The van der Waals surface area contributed by atoms with Crippen LogP contribution in [0, 0.1) is 0 Å². The summed E-state index contributed by atoms with van der Waals surface area (Å²) in [6.07, 6.45) is 123. The number of hydrogen-bond acceptors (Lipinski definition) is 12. The zero-order valence-electron chi connectivity index (χ0n) is 79.2. The Balaban J connectivity index is -0.000000195. The predicted octanol–water partition coefficient (Wildman–Crippen LogP) is 34.4. The first-order valence-electron chi connectivity index (χ1n) is 50.8. The molecule has 0 saturated carbocycles. The van der Waals surface area contributed by atoms with E-state index in [1.54, 1.807) is 0 Å². The Hall–Kier alpha value is 0.187. The monoisotopic (exact) mass is 2010 g/mol. The average molecular weight is 2010 g/mol. The van der Waals surface area contributed by atoms with Crippen LogP contribution in [0.25, 0.3) is 0 Å². The molecular weight excluding hydrogens is 1800 g/mol. The van der Waals surface area contributed by atoms with Gasteiger partial charge in [0.2, 0.25) is 0 Å². The first-order valence-corrected chi connectivity index (χ1v) is 53.1. The van der Waals surface area contributed by atoms with Crippen molar-refractivity contribution in [2.24, 2.45) is 0 Å². The number of hydrogen-bond donors (Lipinski definition) is 0. The molecule has 0 amide bonds. The van der Waals surface area contributed by atoms with E-state index in [0.29, 0.717) is 75.1 Å². The van der Waals surface area contributed by atoms with Crippen molar-refractivity contribution < 1.29 is 38.1 Å². The molecular formula is C106H206O8S5Sn2. The van der Waals surface area contributed by atoms with Crippen molar-refractivity contribution in [3.8, 4) is 0 Å². The van der Waals surface area contributed by atoms with Gasteiger partial charge in [-0.05, 0) is 128 Å². The summed E-state index contributed by atoms with van der Waals surface area (Å²) in [7, 11) is 0. The van der Waals surface area contributed by atoms with E-state index >= 15 is 0 Å².